The fourth-order valence-corrected chi connectivity index (χ4v) is 2.54. The van der Waals surface area contributed by atoms with Crippen LogP contribution in [0.5, 0.6) is 0 Å². The molecule has 1 rings (SSSR count). The molecule has 0 bridgehead atoms. The predicted molar refractivity (Wildman–Crippen MR) is 94.2 cm³/mol. The fourth-order valence-electron chi connectivity index (χ4n) is 2.54. The predicted octanol–water partition coefficient (Wildman–Crippen LogP) is 4.46. The molecule has 0 spiro atoms. The highest BCUT2D eigenvalue weighted by Gasteiger charge is 2.27. The van der Waals surface area contributed by atoms with E-state index in [-0.39, 0.29) is 5.97 Å². The number of carbonyl (C=O) groups excluding carboxylic acids is 1. The molecule has 1 aromatic carbocycles. The third kappa shape index (κ3) is 5.98. The van der Waals surface area contributed by atoms with Gasteiger partial charge in [0.05, 0.1) is 17.6 Å². The van der Waals surface area contributed by atoms with Crippen molar-refractivity contribution < 1.29 is 14.6 Å². The molecule has 23 heavy (non-hydrogen) atoms. The van der Waals surface area contributed by atoms with Gasteiger partial charge < -0.3 is 9.84 Å². The zero-order valence-electron chi connectivity index (χ0n) is 15.5. The monoisotopic (exact) mass is 320 g/mol. The van der Waals surface area contributed by atoms with Crippen molar-refractivity contribution in [1.82, 2.24) is 0 Å². The Bertz CT molecular complexity index is 498. The quantitative estimate of drug-likeness (QED) is 0.719. The van der Waals surface area contributed by atoms with Crippen molar-refractivity contribution in [2.24, 2.45) is 11.3 Å². The molecule has 0 aliphatic rings. The molecule has 0 heterocycles. The second-order valence-electron chi connectivity index (χ2n) is 7.69. The summed E-state index contributed by atoms with van der Waals surface area (Å²) in [6, 6.07) is 7.94. The molecule has 0 saturated carbocycles. The molecule has 1 N–H and O–H groups in total. The Morgan fingerprint density at radius 2 is 1.74 bits per heavy atom. The normalized spacial score (nSPS) is 14.6. The number of benzene rings is 1. The summed E-state index contributed by atoms with van der Waals surface area (Å²) in [6.07, 6.45) is 2.19. The van der Waals surface area contributed by atoms with E-state index < -0.39 is 11.0 Å². The summed E-state index contributed by atoms with van der Waals surface area (Å²) in [7, 11) is 0. The van der Waals surface area contributed by atoms with Crippen LogP contribution in [0.15, 0.2) is 24.3 Å². The van der Waals surface area contributed by atoms with Crippen molar-refractivity contribution >= 4 is 5.97 Å². The molecule has 0 saturated heterocycles. The van der Waals surface area contributed by atoms with Crippen molar-refractivity contribution in [3.05, 3.63) is 35.4 Å². The Labute approximate surface area is 141 Å². The summed E-state index contributed by atoms with van der Waals surface area (Å²) in [4.78, 5) is 11.9. The number of hydrogen-bond acceptors (Lipinski definition) is 3. The Balaban J connectivity index is 2.57. The SMILES string of the molecule is CCC(C)(C)C(=O)OCCc1ccc(C(C)(O)CC(C)C)cc1. The van der Waals surface area contributed by atoms with E-state index in [0.29, 0.717) is 18.9 Å². The van der Waals surface area contributed by atoms with Gasteiger partial charge in [-0.1, -0.05) is 45.0 Å². The van der Waals surface area contributed by atoms with Crippen LogP contribution in [0.2, 0.25) is 0 Å². The Morgan fingerprint density at radius 3 is 2.22 bits per heavy atom. The molecule has 3 heteroatoms. The van der Waals surface area contributed by atoms with Crippen LogP contribution in [-0.4, -0.2) is 17.7 Å². The first-order valence-corrected chi connectivity index (χ1v) is 8.57. The van der Waals surface area contributed by atoms with Crippen molar-refractivity contribution in [2.45, 2.75) is 66.4 Å². The van der Waals surface area contributed by atoms with E-state index in [4.69, 9.17) is 4.74 Å². The largest absolute Gasteiger partial charge is 0.465 e. The van der Waals surface area contributed by atoms with E-state index in [1.165, 1.54) is 0 Å². The molecule has 0 aliphatic carbocycles. The highest BCUT2D eigenvalue weighted by atomic mass is 16.5. The van der Waals surface area contributed by atoms with E-state index >= 15 is 0 Å². The molecule has 0 aliphatic heterocycles. The first-order valence-electron chi connectivity index (χ1n) is 8.57. The van der Waals surface area contributed by atoms with Gasteiger partial charge in [-0.3, -0.25) is 4.79 Å². The molecule has 1 unspecified atom stereocenters. The summed E-state index contributed by atoms with van der Waals surface area (Å²) in [6.45, 7) is 12.3. The minimum atomic E-state index is -0.801. The fraction of sp³-hybridized carbons (Fsp3) is 0.650. The Kier molecular flexibility index (Phi) is 6.82. The molecular weight excluding hydrogens is 288 g/mol. The summed E-state index contributed by atoms with van der Waals surface area (Å²) >= 11 is 0. The first-order chi connectivity index (χ1) is 10.6. The Hall–Kier alpha value is -1.35. The van der Waals surface area contributed by atoms with Gasteiger partial charge in [-0.05, 0) is 50.7 Å². The first kappa shape index (κ1) is 19.7. The Morgan fingerprint density at radius 1 is 1.17 bits per heavy atom. The van der Waals surface area contributed by atoms with Gasteiger partial charge in [-0.2, -0.15) is 0 Å². The van der Waals surface area contributed by atoms with Gasteiger partial charge >= 0.3 is 5.97 Å². The maximum atomic E-state index is 11.9. The third-order valence-electron chi connectivity index (χ3n) is 4.44. The molecule has 0 amide bonds. The number of ether oxygens (including phenoxy) is 1. The van der Waals surface area contributed by atoms with Crippen molar-refractivity contribution in [1.29, 1.82) is 0 Å². The van der Waals surface area contributed by atoms with Crippen LogP contribution in [0.1, 0.15) is 65.5 Å². The van der Waals surface area contributed by atoms with Gasteiger partial charge in [0.2, 0.25) is 0 Å². The summed E-state index contributed by atoms with van der Waals surface area (Å²) in [5, 5.41) is 10.5. The second-order valence-corrected chi connectivity index (χ2v) is 7.69. The van der Waals surface area contributed by atoms with Crippen LogP contribution >= 0.6 is 0 Å². The van der Waals surface area contributed by atoms with Crippen LogP contribution < -0.4 is 0 Å². The highest BCUT2D eigenvalue weighted by molar-refractivity contribution is 5.75. The molecule has 130 valence electrons. The lowest BCUT2D eigenvalue weighted by atomic mass is 9.87. The maximum Gasteiger partial charge on any atom is 0.311 e. The van der Waals surface area contributed by atoms with Crippen molar-refractivity contribution in [3.8, 4) is 0 Å². The van der Waals surface area contributed by atoms with Crippen molar-refractivity contribution in [2.75, 3.05) is 6.61 Å². The smallest absolute Gasteiger partial charge is 0.311 e. The van der Waals surface area contributed by atoms with Crippen LogP contribution in [0.25, 0.3) is 0 Å². The van der Waals surface area contributed by atoms with Gasteiger partial charge in [0.15, 0.2) is 0 Å². The number of esters is 1. The van der Waals surface area contributed by atoms with E-state index in [2.05, 4.69) is 13.8 Å². The van der Waals surface area contributed by atoms with Crippen molar-refractivity contribution in [3.63, 3.8) is 0 Å². The average molecular weight is 320 g/mol. The zero-order chi connectivity index (χ0) is 17.7. The van der Waals surface area contributed by atoms with Gasteiger partial charge in [0, 0.05) is 6.42 Å². The lowest BCUT2D eigenvalue weighted by Gasteiger charge is -2.26. The third-order valence-corrected chi connectivity index (χ3v) is 4.44. The van der Waals surface area contributed by atoms with Gasteiger partial charge in [0.1, 0.15) is 0 Å². The molecule has 3 nitrogen and oxygen atoms in total. The maximum absolute atomic E-state index is 11.9. The molecule has 0 aromatic heterocycles. The van der Waals surface area contributed by atoms with E-state index in [9.17, 15) is 9.90 Å². The van der Waals surface area contributed by atoms with Crippen LogP contribution in [0, 0.1) is 11.3 Å². The van der Waals surface area contributed by atoms with Gasteiger partial charge in [-0.25, -0.2) is 0 Å². The minimum Gasteiger partial charge on any atom is -0.465 e. The number of rotatable bonds is 8. The van der Waals surface area contributed by atoms with Crippen LogP contribution in [0.3, 0.4) is 0 Å². The summed E-state index contributed by atoms with van der Waals surface area (Å²) in [5.41, 5.74) is 0.819. The molecule has 1 atom stereocenters. The van der Waals surface area contributed by atoms with Crippen LogP contribution in [0.4, 0.5) is 0 Å². The molecular formula is C20H32O3. The lowest BCUT2D eigenvalue weighted by molar-refractivity contribution is -0.154. The molecule has 0 radical (unpaired) electrons. The summed E-state index contributed by atoms with van der Waals surface area (Å²) in [5.74, 6) is 0.294. The average Bonchev–Trinajstić information content (AvgIpc) is 2.46. The number of carbonyl (C=O) groups is 1. The lowest BCUT2D eigenvalue weighted by Crippen LogP contribution is -2.26. The minimum absolute atomic E-state index is 0.142. The molecule has 0 fully saturated rings. The highest BCUT2D eigenvalue weighted by Crippen LogP contribution is 2.28. The van der Waals surface area contributed by atoms with E-state index in [1.807, 2.05) is 52.0 Å². The topological polar surface area (TPSA) is 46.5 Å². The van der Waals surface area contributed by atoms with Crippen LogP contribution in [-0.2, 0) is 21.6 Å². The zero-order valence-corrected chi connectivity index (χ0v) is 15.5. The van der Waals surface area contributed by atoms with Gasteiger partial charge in [0.25, 0.3) is 0 Å². The van der Waals surface area contributed by atoms with Gasteiger partial charge in [-0.15, -0.1) is 0 Å². The standard InChI is InChI=1S/C20H32O3/c1-7-19(4,5)18(21)23-13-12-16-8-10-17(11-9-16)20(6,22)14-15(2)3/h8-11,15,22H,7,12-14H2,1-6H3. The summed E-state index contributed by atoms with van der Waals surface area (Å²) < 4.78 is 5.36. The second kappa shape index (κ2) is 7.96. The number of aliphatic hydroxyl groups is 1. The van der Waals surface area contributed by atoms with E-state index in [0.717, 1.165) is 24.0 Å². The molecule has 1 aromatic rings. The van der Waals surface area contributed by atoms with E-state index in [1.54, 1.807) is 0 Å². The number of hydrogen-bond donors (Lipinski definition) is 1.